The third-order valence-electron chi connectivity index (χ3n) is 1.56. The van der Waals surface area contributed by atoms with Gasteiger partial charge in [-0.2, -0.15) is 11.3 Å². The second-order valence-electron chi connectivity index (χ2n) is 2.71. The van der Waals surface area contributed by atoms with Gasteiger partial charge >= 0.3 is 0 Å². The summed E-state index contributed by atoms with van der Waals surface area (Å²) in [5, 5.41) is 12.8. The number of hydrogen-bond donors (Lipinski definition) is 2. The maximum atomic E-state index is 8.95. The van der Waals surface area contributed by atoms with Gasteiger partial charge in [-0.25, -0.2) is 0 Å². The minimum atomic E-state index is -0.626. The molecule has 0 radical (unpaired) electrons. The van der Waals surface area contributed by atoms with Gasteiger partial charge in [0.05, 0.1) is 12.1 Å². The van der Waals surface area contributed by atoms with E-state index in [9.17, 15) is 0 Å². The molecule has 0 amide bonds. The van der Waals surface area contributed by atoms with Crippen LogP contribution in [0.5, 0.6) is 0 Å². The molecule has 3 N–H and O–H groups in total. The minimum absolute atomic E-state index is 0.0394. The second kappa shape index (κ2) is 3.23. The maximum Gasteiger partial charge on any atom is 0.0651 e. The van der Waals surface area contributed by atoms with Gasteiger partial charge in [0.1, 0.15) is 0 Å². The van der Waals surface area contributed by atoms with Crippen molar-refractivity contribution in [1.29, 1.82) is 0 Å². The molecule has 0 aliphatic rings. The molecule has 1 rings (SSSR count). The Morgan fingerprint density at radius 3 is 2.73 bits per heavy atom. The second-order valence-corrected chi connectivity index (χ2v) is 4.31. The Morgan fingerprint density at radius 2 is 2.36 bits per heavy atom. The zero-order valence-corrected chi connectivity index (χ0v) is 8.58. The molecular formula is C7H10BrNOS. The quantitative estimate of drug-likeness (QED) is 0.820. The lowest BCUT2D eigenvalue weighted by Gasteiger charge is -2.20. The molecular weight excluding hydrogens is 226 g/mol. The van der Waals surface area contributed by atoms with Crippen molar-refractivity contribution in [2.75, 3.05) is 6.61 Å². The highest BCUT2D eigenvalue weighted by Crippen LogP contribution is 2.29. The van der Waals surface area contributed by atoms with E-state index in [-0.39, 0.29) is 6.61 Å². The van der Waals surface area contributed by atoms with E-state index in [1.165, 1.54) is 0 Å². The van der Waals surface area contributed by atoms with Crippen molar-refractivity contribution in [2.24, 2.45) is 5.73 Å². The normalized spacial score (nSPS) is 16.4. The van der Waals surface area contributed by atoms with Crippen molar-refractivity contribution in [3.8, 4) is 0 Å². The van der Waals surface area contributed by atoms with Gasteiger partial charge in [-0.3, -0.25) is 0 Å². The molecule has 0 aliphatic carbocycles. The third-order valence-corrected chi connectivity index (χ3v) is 3.26. The van der Waals surface area contributed by atoms with E-state index in [0.717, 1.165) is 10.0 Å². The number of hydrogen-bond acceptors (Lipinski definition) is 3. The van der Waals surface area contributed by atoms with Crippen LogP contribution in [-0.4, -0.2) is 11.7 Å². The van der Waals surface area contributed by atoms with Crippen molar-refractivity contribution >= 4 is 27.3 Å². The van der Waals surface area contributed by atoms with Gasteiger partial charge < -0.3 is 10.8 Å². The summed E-state index contributed by atoms with van der Waals surface area (Å²) in [6, 6.07) is 0. The summed E-state index contributed by atoms with van der Waals surface area (Å²) in [5.74, 6) is 0. The van der Waals surface area contributed by atoms with Crippen LogP contribution in [0, 0.1) is 0 Å². The molecule has 4 heteroatoms. The van der Waals surface area contributed by atoms with Crippen LogP contribution in [0.1, 0.15) is 12.5 Å². The van der Waals surface area contributed by atoms with Gasteiger partial charge in [-0.1, -0.05) is 0 Å². The average Bonchev–Trinajstić information content (AvgIpc) is 2.36. The number of halogens is 1. The van der Waals surface area contributed by atoms with Crippen LogP contribution in [0.2, 0.25) is 0 Å². The van der Waals surface area contributed by atoms with Crippen LogP contribution >= 0.6 is 27.3 Å². The summed E-state index contributed by atoms with van der Waals surface area (Å²) in [6.07, 6.45) is 0. The monoisotopic (exact) mass is 235 g/mol. The summed E-state index contributed by atoms with van der Waals surface area (Å²) < 4.78 is 0.974. The fourth-order valence-corrected chi connectivity index (χ4v) is 2.66. The smallest absolute Gasteiger partial charge is 0.0651 e. The number of aliphatic hydroxyl groups excluding tert-OH is 1. The lowest BCUT2D eigenvalue weighted by Crippen LogP contribution is -2.36. The lowest BCUT2D eigenvalue weighted by atomic mass is 9.98. The molecule has 2 nitrogen and oxygen atoms in total. The van der Waals surface area contributed by atoms with Crippen LogP contribution in [0.15, 0.2) is 15.2 Å². The molecule has 0 aromatic carbocycles. The first-order valence-corrected chi connectivity index (χ1v) is 4.93. The highest BCUT2D eigenvalue weighted by atomic mass is 79.9. The van der Waals surface area contributed by atoms with E-state index in [1.807, 2.05) is 10.8 Å². The molecule has 0 aliphatic heterocycles. The SMILES string of the molecule is CC(N)(CO)c1cscc1Br. The van der Waals surface area contributed by atoms with Crippen molar-refractivity contribution in [3.05, 3.63) is 20.8 Å². The molecule has 0 spiro atoms. The van der Waals surface area contributed by atoms with Gasteiger partial charge in [0, 0.05) is 9.85 Å². The predicted octanol–water partition coefficient (Wildman–Crippen LogP) is 1.68. The Labute approximate surface area is 78.2 Å². The van der Waals surface area contributed by atoms with Crippen molar-refractivity contribution in [1.82, 2.24) is 0 Å². The van der Waals surface area contributed by atoms with Crippen molar-refractivity contribution in [2.45, 2.75) is 12.5 Å². The van der Waals surface area contributed by atoms with Gasteiger partial charge in [-0.05, 0) is 33.8 Å². The van der Waals surface area contributed by atoms with E-state index in [0.29, 0.717) is 0 Å². The third kappa shape index (κ3) is 1.82. The molecule has 0 saturated heterocycles. The summed E-state index contributed by atoms with van der Waals surface area (Å²) in [7, 11) is 0. The lowest BCUT2D eigenvalue weighted by molar-refractivity contribution is 0.210. The molecule has 1 unspecified atom stereocenters. The predicted molar refractivity (Wildman–Crippen MR) is 50.6 cm³/mol. The molecule has 1 aromatic rings. The zero-order chi connectivity index (χ0) is 8.48. The molecule has 62 valence electrons. The number of thiophene rings is 1. The fourth-order valence-electron chi connectivity index (χ4n) is 0.774. The number of aliphatic hydroxyl groups is 1. The summed E-state index contributed by atoms with van der Waals surface area (Å²) in [5.41, 5.74) is 6.15. The van der Waals surface area contributed by atoms with Gasteiger partial charge in [0.15, 0.2) is 0 Å². The van der Waals surface area contributed by atoms with E-state index >= 15 is 0 Å². The van der Waals surface area contributed by atoms with E-state index < -0.39 is 5.54 Å². The molecule has 1 atom stereocenters. The molecule has 1 heterocycles. The summed E-state index contributed by atoms with van der Waals surface area (Å²) in [4.78, 5) is 0. The number of nitrogens with two attached hydrogens (primary N) is 1. The molecule has 11 heavy (non-hydrogen) atoms. The molecule has 0 saturated carbocycles. The molecule has 1 aromatic heterocycles. The Morgan fingerprint density at radius 1 is 1.73 bits per heavy atom. The maximum absolute atomic E-state index is 8.95. The van der Waals surface area contributed by atoms with Gasteiger partial charge in [-0.15, -0.1) is 0 Å². The van der Waals surface area contributed by atoms with Crippen molar-refractivity contribution in [3.63, 3.8) is 0 Å². The van der Waals surface area contributed by atoms with E-state index in [1.54, 1.807) is 18.3 Å². The largest absolute Gasteiger partial charge is 0.394 e. The summed E-state index contributed by atoms with van der Waals surface area (Å²) in [6.45, 7) is 1.77. The molecule has 0 bridgehead atoms. The van der Waals surface area contributed by atoms with Crippen LogP contribution in [0.4, 0.5) is 0 Å². The van der Waals surface area contributed by atoms with E-state index in [2.05, 4.69) is 15.9 Å². The Hall–Kier alpha value is 0.100. The zero-order valence-electron chi connectivity index (χ0n) is 6.17. The van der Waals surface area contributed by atoms with Crippen LogP contribution in [0.25, 0.3) is 0 Å². The Bertz CT molecular complexity index is 246. The Balaban J connectivity index is 3.00. The first-order chi connectivity index (χ1) is 5.08. The Kier molecular flexibility index (Phi) is 2.70. The highest BCUT2D eigenvalue weighted by molar-refractivity contribution is 9.10. The first-order valence-electron chi connectivity index (χ1n) is 3.20. The standard InChI is InChI=1S/C7H10BrNOS/c1-7(9,4-10)5-2-11-3-6(5)8/h2-3,10H,4,9H2,1H3. The van der Waals surface area contributed by atoms with E-state index in [4.69, 9.17) is 10.8 Å². The van der Waals surface area contributed by atoms with Gasteiger partial charge in [0.25, 0.3) is 0 Å². The summed E-state index contributed by atoms with van der Waals surface area (Å²) >= 11 is 4.93. The highest BCUT2D eigenvalue weighted by Gasteiger charge is 2.22. The average molecular weight is 236 g/mol. The topological polar surface area (TPSA) is 46.2 Å². The van der Waals surface area contributed by atoms with Crippen LogP contribution in [-0.2, 0) is 5.54 Å². The fraction of sp³-hybridized carbons (Fsp3) is 0.429. The molecule has 0 fully saturated rings. The van der Waals surface area contributed by atoms with Crippen molar-refractivity contribution < 1.29 is 5.11 Å². The first kappa shape index (κ1) is 9.19. The van der Waals surface area contributed by atoms with Crippen LogP contribution in [0.3, 0.4) is 0 Å². The van der Waals surface area contributed by atoms with Crippen LogP contribution < -0.4 is 5.73 Å². The number of rotatable bonds is 2. The van der Waals surface area contributed by atoms with Gasteiger partial charge in [0.2, 0.25) is 0 Å². The minimum Gasteiger partial charge on any atom is -0.394 e.